The van der Waals surface area contributed by atoms with E-state index in [1.807, 2.05) is 0 Å². The Balaban J connectivity index is 1.95. The summed E-state index contributed by atoms with van der Waals surface area (Å²) in [7, 11) is 0. The van der Waals surface area contributed by atoms with Gasteiger partial charge in [-0.15, -0.1) is 0 Å². The van der Waals surface area contributed by atoms with Gasteiger partial charge in [0.15, 0.2) is 22.7 Å². The van der Waals surface area contributed by atoms with Crippen molar-refractivity contribution in [3.8, 4) is 16.9 Å². The quantitative estimate of drug-likeness (QED) is 0.397. The maximum absolute atomic E-state index is 15.1. The SMILES string of the molecule is Cc1ccc(-c2ccc3c(oc4c(F)c(OC(C)C)ccc43)c2F)c(F)c1. The predicted octanol–water partition coefficient (Wildman–Crippen LogP) is 6.77. The lowest BCUT2D eigenvalue weighted by atomic mass is 10.0. The Morgan fingerprint density at radius 3 is 2.11 bits per heavy atom. The van der Waals surface area contributed by atoms with Crippen molar-refractivity contribution in [2.75, 3.05) is 0 Å². The summed E-state index contributed by atoms with van der Waals surface area (Å²) < 4.78 is 55.0. The zero-order valence-electron chi connectivity index (χ0n) is 15.1. The van der Waals surface area contributed by atoms with E-state index in [0.717, 1.165) is 5.56 Å². The van der Waals surface area contributed by atoms with Crippen LogP contribution in [0.3, 0.4) is 0 Å². The van der Waals surface area contributed by atoms with Gasteiger partial charge in [-0.2, -0.15) is 4.39 Å². The zero-order chi connectivity index (χ0) is 19.3. The molecule has 4 aromatic rings. The molecule has 138 valence electrons. The first-order valence-electron chi connectivity index (χ1n) is 8.63. The van der Waals surface area contributed by atoms with Crippen molar-refractivity contribution in [2.45, 2.75) is 26.9 Å². The van der Waals surface area contributed by atoms with Crippen LogP contribution in [0.4, 0.5) is 13.2 Å². The van der Waals surface area contributed by atoms with Crippen LogP contribution in [0.5, 0.6) is 5.75 Å². The molecule has 0 unspecified atom stereocenters. The Morgan fingerprint density at radius 2 is 1.44 bits per heavy atom. The summed E-state index contributed by atoms with van der Waals surface area (Å²) >= 11 is 0. The van der Waals surface area contributed by atoms with E-state index in [2.05, 4.69) is 0 Å². The molecular formula is C22H17F3O2. The number of hydrogen-bond donors (Lipinski definition) is 0. The van der Waals surface area contributed by atoms with Crippen LogP contribution in [0, 0.1) is 24.4 Å². The Hall–Kier alpha value is -2.95. The molecule has 0 saturated heterocycles. The van der Waals surface area contributed by atoms with Gasteiger partial charge in [-0.25, -0.2) is 8.78 Å². The number of hydrogen-bond acceptors (Lipinski definition) is 2. The second-order valence-electron chi connectivity index (χ2n) is 6.81. The molecule has 0 fully saturated rings. The van der Waals surface area contributed by atoms with Gasteiger partial charge in [-0.3, -0.25) is 0 Å². The van der Waals surface area contributed by atoms with E-state index in [-0.39, 0.29) is 34.1 Å². The summed E-state index contributed by atoms with van der Waals surface area (Å²) in [5.41, 5.74) is 0.746. The third kappa shape index (κ3) is 2.83. The van der Waals surface area contributed by atoms with Crippen LogP contribution in [0.1, 0.15) is 19.4 Å². The molecule has 4 rings (SSSR count). The van der Waals surface area contributed by atoms with E-state index in [1.165, 1.54) is 24.3 Å². The number of fused-ring (bicyclic) bond motifs is 3. The van der Waals surface area contributed by atoms with Crippen molar-refractivity contribution in [3.63, 3.8) is 0 Å². The highest BCUT2D eigenvalue weighted by molar-refractivity contribution is 6.06. The first-order chi connectivity index (χ1) is 12.9. The number of rotatable bonds is 3. The lowest BCUT2D eigenvalue weighted by Gasteiger charge is -2.10. The minimum Gasteiger partial charge on any atom is -0.488 e. The van der Waals surface area contributed by atoms with Crippen molar-refractivity contribution in [2.24, 2.45) is 0 Å². The Kier molecular flexibility index (Phi) is 4.10. The fourth-order valence-corrected chi connectivity index (χ4v) is 3.21. The molecule has 3 aromatic carbocycles. The second kappa shape index (κ2) is 6.34. The molecule has 0 radical (unpaired) electrons. The molecule has 0 aliphatic rings. The molecule has 0 amide bonds. The Morgan fingerprint density at radius 1 is 0.815 bits per heavy atom. The van der Waals surface area contributed by atoms with E-state index in [1.54, 1.807) is 39.0 Å². The highest BCUT2D eigenvalue weighted by atomic mass is 19.1. The van der Waals surface area contributed by atoms with Crippen LogP contribution in [-0.2, 0) is 0 Å². The van der Waals surface area contributed by atoms with Crippen LogP contribution < -0.4 is 4.74 Å². The summed E-state index contributed by atoms with van der Waals surface area (Å²) in [6, 6.07) is 10.8. The number of benzene rings is 3. The number of ether oxygens (including phenoxy) is 1. The summed E-state index contributed by atoms with van der Waals surface area (Å²) in [6.07, 6.45) is -0.214. The molecular weight excluding hydrogens is 353 g/mol. The molecule has 0 atom stereocenters. The van der Waals surface area contributed by atoms with Gasteiger partial charge in [0.2, 0.25) is 5.82 Å². The molecule has 1 heterocycles. The molecule has 5 heteroatoms. The monoisotopic (exact) mass is 370 g/mol. The first kappa shape index (κ1) is 17.5. The van der Waals surface area contributed by atoms with Crippen molar-refractivity contribution in [1.29, 1.82) is 0 Å². The predicted molar refractivity (Wildman–Crippen MR) is 99.5 cm³/mol. The van der Waals surface area contributed by atoms with Crippen molar-refractivity contribution < 1.29 is 22.3 Å². The van der Waals surface area contributed by atoms with Crippen LogP contribution in [0.25, 0.3) is 33.1 Å². The van der Waals surface area contributed by atoms with Gasteiger partial charge in [-0.05, 0) is 50.6 Å². The number of aryl methyl sites for hydroxylation is 1. The van der Waals surface area contributed by atoms with Crippen molar-refractivity contribution >= 4 is 21.9 Å². The van der Waals surface area contributed by atoms with Gasteiger partial charge in [-0.1, -0.05) is 18.2 Å². The lowest BCUT2D eigenvalue weighted by Crippen LogP contribution is -2.06. The van der Waals surface area contributed by atoms with Gasteiger partial charge in [0, 0.05) is 21.9 Å². The lowest BCUT2D eigenvalue weighted by molar-refractivity contribution is 0.231. The minimum absolute atomic E-state index is 0.0433. The zero-order valence-corrected chi connectivity index (χ0v) is 15.1. The average Bonchev–Trinajstić information content (AvgIpc) is 2.99. The van der Waals surface area contributed by atoms with Crippen LogP contribution in [-0.4, -0.2) is 6.10 Å². The fraction of sp³-hybridized carbons (Fsp3) is 0.182. The van der Waals surface area contributed by atoms with E-state index in [4.69, 9.17) is 9.15 Å². The average molecular weight is 370 g/mol. The molecule has 1 aromatic heterocycles. The third-order valence-electron chi connectivity index (χ3n) is 4.43. The third-order valence-corrected chi connectivity index (χ3v) is 4.43. The first-order valence-corrected chi connectivity index (χ1v) is 8.63. The topological polar surface area (TPSA) is 22.4 Å². The molecule has 0 spiro atoms. The standard InChI is InChI=1S/C22H17F3O2/c1-11(2)26-18-9-8-16-15-7-6-14(13-5-4-12(3)10-17(13)23)19(24)21(15)27-22(16)20(18)25/h4-11H,1-3H3. The van der Waals surface area contributed by atoms with Crippen molar-refractivity contribution in [1.82, 2.24) is 0 Å². The smallest absolute Gasteiger partial charge is 0.208 e. The maximum Gasteiger partial charge on any atom is 0.208 e. The Labute approximate surface area is 154 Å². The van der Waals surface area contributed by atoms with Gasteiger partial charge < -0.3 is 9.15 Å². The molecule has 2 nitrogen and oxygen atoms in total. The van der Waals surface area contributed by atoms with Crippen molar-refractivity contribution in [3.05, 3.63) is 65.5 Å². The largest absolute Gasteiger partial charge is 0.488 e. The van der Waals surface area contributed by atoms with Crippen LogP contribution in [0.2, 0.25) is 0 Å². The van der Waals surface area contributed by atoms with E-state index in [9.17, 15) is 8.78 Å². The maximum atomic E-state index is 15.1. The summed E-state index contributed by atoms with van der Waals surface area (Å²) in [6.45, 7) is 5.32. The highest BCUT2D eigenvalue weighted by Crippen LogP contribution is 2.39. The van der Waals surface area contributed by atoms with E-state index in [0.29, 0.717) is 10.8 Å². The molecule has 0 aliphatic heterocycles. The van der Waals surface area contributed by atoms with Gasteiger partial charge >= 0.3 is 0 Å². The van der Waals surface area contributed by atoms with Gasteiger partial charge in [0.1, 0.15) is 5.82 Å². The number of halogens is 3. The second-order valence-corrected chi connectivity index (χ2v) is 6.81. The fourth-order valence-electron chi connectivity index (χ4n) is 3.21. The van der Waals surface area contributed by atoms with E-state index >= 15 is 4.39 Å². The normalized spacial score (nSPS) is 11.7. The highest BCUT2D eigenvalue weighted by Gasteiger charge is 2.21. The Bertz CT molecular complexity index is 1180. The van der Waals surface area contributed by atoms with Gasteiger partial charge in [0.05, 0.1) is 6.10 Å². The molecule has 0 N–H and O–H groups in total. The summed E-state index contributed by atoms with van der Waals surface area (Å²) in [5.74, 6) is -1.89. The number of furan rings is 1. The molecule has 0 saturated carbocycles. The van der Waals surface area contributed by atoms with Gasteiger partial charge in [0.25, 0.3) is 0 Å². The summed E-state index contributed by atoms with van der Waals surface area (Å²) in [4.78, 5) is 0. The summed E-state index contributed by atoms with van der Waals surface area (Å²) in [5, 5.41) is 0.863. The molecule has 0 aliphatic carbocycles. The van der Waals surface area contributed by atoms with Crippen LogP contribution in [0.15, 0.2) is 46.9 Å². The van der Waals surface area contributed by atoms with Crippen LogP contribution >= 0.6 is 0 Å². The molecule has 0 bridgehead atoms. The minimum atomic E-state index is -0.725. The molecule has 27 heavy (non-hydrogen) atoms. The van der Waals surface area contributed by atoms with E-state index < -0.39 is 17.5 Å².